The van der Waals surface area contributed by atoms with Gasteiger partial charge in [0, 0.05) is 41.3 Å². The standard InChI is InChI=1S/C20H21Cl2FN2O/c21-15-3-1-13(2-4-15)10-25-11-20(12-25)8-14(9-20)19(26)24-18-6-16(22)5-17(23)7-18/h1-7,14,19,24,26H,8-12H2. The highest BCUT2D eigenvalue weighted by molar-refractivity contribution is 6.31. The minimum absolute atomic E-state index is 0.190. The normalized spacial score (nSPS) is 20.5. The lowest BCUT2D eigenvalue weighted by Crippen LogP contribution is -2.63. The number of nitrogens with one attached hydrogen (secondary N) is 1. The lowest BCUT2D eigenvalue weighted by molar-refractivity contribution is -0.123. The first-order valence-corrected chi connectivity index (χ1v) is 9.54. The zero-order valence-corrected chi connectivity index (χ0v) is 15.8. The number of benzene rings is 2. The summed E-state index contributed by atoms with van der Waals surface area (Å²) in [5.74, 6) is -0.219. The molecule has 2 fully saturated rings. The zero-order chi connectivity index (χ0) is 18.3. The summed E-state index contributed by atoms with van der Waals surface area (Å²) in [6.07, 6.45) is 1.30. The van der Waals surface area contributed by atoms with Gasteiger partial charge in [0.15, 0.2) is 0 Å². The first-order chi connectivity index (χ1) is 12.4. The Hall–Kier alpha value is -1.33. The number of aliphatic hydroxyl groups is 1. The number of anilines is 1. The van der Waals surface area contributed by atoms with Crippen LogP contribution in [0.2, 0.25) is 10.0 Å². The van der Waals surface area contributed by atoms with Crippen molar-refractivity contribution in [3.05, 3.63) is 63.9 Å². The summed E-state index contributed by atoms with van der Waals surface area (Å²) in [6, 6.07) is 12.2. The van der Waals surface area contributed by atoms with Crippen molar-refractivity contribution in [3.63, 3.8) is 0 Å². The van der Waals surface area contributed by atoms with Gasteiger partial charge in [0.2, 0.25) is 0 Å². The molecular weight excluding hydrogens is 374 g/mol. The number of rotatable bonds is 5. The topological polar surface area (TPSA) is 35.5 Å². The van der Waals surface area contributed by atoms with Crippen molar-refractivity contribution in [1.29, 1.82) is 0 Å². The highest BCUT2D eigenvalue weighted by Crippen LogP contribution is 2.53. The molecule has 4 rings (SSSR count). The summed E-state index contributed by atoms with van der Waals surface area (Å²) in [7, 11) is 0. The number of nitrogens with zero attached hydrogens (tertiary/aromatic N) is 1. The lowest BCUT2D eigenvalue weighted by Gasteiger charge is -2.60. The van der Waals surface area contributed by atoms with E-state index in [9.17, 15) is 9.50 Å². The van der Waals surface area contributed by atoms with E-state index in [2.05, 4.69) is 22.3 Å². The first-order valence-electron chi connectivity index (χ1n) is 8.78. The van der Waals surface area contributed by atoms with E-state index >= 15 is 0 Å². The van der Waals surface area contributed by atoms with E-state index in [4.69, 9.17) is 23.2 Å². The SMILES string of the molecule is OC(Nc1cc(F)cc(Cl)c1)C1CC2(C1)CN(Cc1ccc(Cl)cc1)C2. The summed E-state index contributed by atoms with van der Waals surface area (Å²) in [5, 5.41) is 14.4. The Morgan fingerprint density at radius 2 is 1.81 bits per heavy atom. The summed E-state index contributed by atoms with van der Waals surface area (Å²) < 4.78 is 13.4. The summed E-state index contributed by atoms with van der Waals surface area (Å²) in [5.41, 5.74) is 2.12. The average Bonchev–Trinajstić information content (AvgIpc) is 2.49. The van der Waals surface area contributed by atoms with Gasteiger partial charge in [-0.25, -0.2) is 4.39 Å². The minimum atomic E-state index is -0.677. The molecule has 2 aliphatic rings. The second-order valence-corrected chi connectivity index (χ2v) is 8.56. The van der Waals surface area contributed by atoms with Gasteiger partial charge in [0.25, 0.3) is 0 Å². The second-order valence-electron chi connectivity index (χ2n) is 7.69. The van der Waals surface area contributed by atoms with Crippen molar-refractivity contribution in [1.82, 2.24) is 4.90 Å². The molecule has 1 saturated heterocycles. The molecule has 138 valence electrons. The predicted octanol–water partition coefficient (Wildman–Crippen LogP) is 4.78. The largest absolute Gasteiger partial charge is 0.374 e. The van der Waals surface area contributed by atoms with Crippen molar-refractivity contribution in [3.8, 4) is 0 Å². The van der Waals surface area contributed by atoms with E-state index in [-0.39, 0.29) is 5.92 Å². The molecule has 26 heavy (non-hydrogen) atoms. The van der Waals surface area contributed by atoms with Crippen LogP contribution in [-0.2, 0) is 6.54 Å². The maximum atomic E-state index is 13.4. The third-order valence-corrected chi connectivity index (χ3v) is 5.92. The van der Waals surface area contributed by atoms with Crippen LogP contribution in [-0.4, -0.2) is 29.3 Å². The zero-order valence-electron chi connectivity index (χ0n) is 14.3. The molecule has 0 bridgehead atoms. The smallest absolute Gasteiger partial charge is 0.127 e. The Balaban J connectivity index is 1.24. The fraction of sp³-hybridized carbons (Fsp3) is 0.400. The Kier molecular flexibility index (Phi) is 4.86. The number of aliphatic hydroxyl groups excluding tert-OH is 1. The molecular formula is C20H21Cl2FN2O. The van der Waals surface area contributed by atoms with Gasteiger partial charge in [0.1, 0.15) is 12.0 Å². The third-order valence-electron chi connectivity index (χ3n) is 5.45. The number of likely N-dealkylation sites (tertiary alicyclic amines) is 1. The van der Waals surface area contributed by atoms with E-state index in [1.165, 1.54) is 17.7 Å². The van der Waals surface area contributed by atoms with Crippen molar-refractivity contribution in [2.24, 2.45) is 11.3 Å². The van der Waals surface area contributed by atoms with Crippen LogP contribution in [0, 0.1) is 17.2 Å². The van der Waals surface area contributed by atoms with Gasteiger partial charge in [-0.15, -0.1) is 0 Å². The second kappa shape index (κ2) is 7.01. The monoisotopic (exact) mass is 394 g/mol. The van der Waals surface area contributed by atoms with Crippen LogP contribution in [0.5, 0.6) is 0 Å². The molecule has 0 amide bonds. The van der Waals surface area contributed by atoms with E-state index in [0.717, 1.165) is 37.5 Å². The molecule has 0 radical (unpaired) electrons. The maximum Gasteiger partial charge on any atom is 0.127 e. The molecule has 3 nitrogen and oxygen atoms in total. The number of hydrogen-bond acceptors (Lipinski definition) is 3. The van der Waals surface area contributed by atoms with Gasteiger partial charge in [-0.05, 0) is 54.2 Å². The summed E-state index contributed by atoms with van der Waals surface area (Å²) in [4.78, 5) is 2.42. The molecule has 1 saturated carbocycles. The van der Waals surface area contributed by atoms with Gasteiger partial charge in [-0.1, -0.05) is 35.3 Å². The minimum Gasteiger partial charge on any atom is -0.374 e. The van der Waals surface area contributed by atoms with Crippen molar-refractivity contribution >= 4 is 28.9 Å². The van der Waals surface area contributed by atoms with E-state index in [0.29, 0.717) is 16.1 Å². The van der Waals surface area contributed by atoms with Crippen molar-refractivity contribution in [2.75, 3.05) is 18.4 Å². The summed E-state index contributed by atoms with van der Waals surface area (Å²) in [6.45, 7) is 3.06. The van der Waals surface area contributed by atoms with Crippen LogP contribution in [0.4, 0.5) is 10.1 Å². The molecule has 0 aromatic heterocycles. The molecule has 1 unspecified atom stereocenters. The predicted molar refractivity (Wildman–Crippen MR) is 103 cm³/mol. The van der Waals surface area contributed by atoms with Gasteiger partial charge in [-0.3, -0.25) is 4.90 Å². The van der Waals surface area contributed by atoms with Gasteiger partial charge in [0.05, 0.1) is 0 Å². The Morgan fingerprint density at radius 3 is 2.46 bits per heavy atom. The molecule has 1 spiro atoms. The fourth-order valence-electron chi connectivity index (χ4n) is 4.32. The molecule has 2 aromatic rings. The van der Waals surface area contributed by atoms with Crippen molar-refractivity contribution < 1.29 is 9.50 Å². The molecule has 2 N–H and O–H groups in total. The van der Waals surface area contributed by atoms with E-state index in [1.807, 2.05) is 12.1 Å². The first kappa shape index (κ1) is 18.1. The molecule has 1 heterocycles. The quantitative estimate of drug-likeness (QED) is 0.716. The highest BCUT2D eigenvalue weighted by Gasteiger charge is 2.53. The molecule has 1 atom stereocenters. The maximum absolute atomic E-state index is 13.4. The highest BCUT2D eigenvalue weighted by atomic mass is 35.5. The Labute approximate surface area is 162 Å². The molecule has 1 aliphatic heterocycles. The van der Waals surface area contributed by atoms with E-state index < -0.39 is 12.0 Å². The lowest BCUT2D eigenvalue weighted by atomic mass is 9.57. The van der Waals surface area contributed by atoms with Crippen LogP contribution in [0.15, 0.2) is 42.5 Å². The molecule has 2 aromatic carbocycles. The summed E-state index contributed by atoms with van der Waals surface area (Å²) >= 11 is 11.8. The average molecular weight is 395 g/mol. The van der Waals surface area contributed by atoms with Crippen LogP contribution < -0.4 is 5.32 Å². The molecule has 6 heteroatoms. The van der Waals surface area contributed by atoms with Crippen LogP contribution >= 0.6 is 23.2 Å². The fourth-order valence-corrected chi connectivity index (χ4v) is 4.67. The van der Waals surface area contributed by atoms with Gasteiger partial charge in [-0.2, -0.15) is 0 Å². The van der Waals surface area contributed by atoms with E-state index in [1.54, 1.807) is 6.07 Å². The van der Waals surface area contributed by atoms with Crippen LogP contribution in [0.3, 0.4) is 0 Å². The third kappa shape index (κ3) is 3.84. The van der Waals surface area contributed by atoms with Crippen LogP contribution in [0.25, 0.3) is 0 Å². The van der Waals surface area contributed by atoms with Crippen LogP contribution in [0.1, 0.15) is 18.4 Å². The number of halogens is 3. The van der Waals surface area contributed by atoms with Gasteiger partial charge >= 0.3 is 0 Å². The Morgan fingerprint density at radius 1 is 1.12 bits per heavy atom. The van der Waals surface area contributed by atoms with Gasteiger partial charge < -0.3 is 10.4 Å². The Bertz CT molecular complexity index is 765. The molecule has 1 aliphatic carbocycles. The van der Waals surface area contributed by atoms with Crippen molar-refractivity contribution in [2.45, 2.75) is 25.6 Å². The number of hydrogen-bond donors (Lipinski definition) is 2.